The van der Waals surface area contributed by atoms with E-state index in [-0.39, 0.29) is 12.0 Å². The summed E-state index contributed by atoms with van der Waals surface area (Å²) in [5.74, 6) is -1.30. The number of aliphatic hydroxyl groups excluding tert-OH is 1. The molecule has 14 heavy (non-hydrogen) atoms. The zero-order chi connectivity index (χ0) is 10.7. The fraction of sp³-hybridized carbons (Fsp3) is 0.400. The third kappa shape index (κ3) is 2.49. The molecule has 0 spiro atoms. The van der Waals surface area contributed by atoms with Gasteiger partial charge in [-0.25, -0.2) is 8.78 Å². The molecule has 2 atom stereocenters. The summed E-state index contributed by atoms with van der Waals surface area (Å²) in [5.41, 5.74) is 5.28. The molecule has 0 amide bonds. The second kappa shape index (κ2) is 4.48. The fourth-order valence-corrected chi connectivity index (χ4v) is 1.12. The molecule has 1 aromatic rings. The van der Waals surface area contributed by atoms with Gasteiger partial charge in [-0.1, -0.05) is 6.07 Å². The van der Waals surface area contributed by atoms with Crippen LogP contribution in [0.4, 0.5) is 8.78 Å². The molecule has 0 saturated heterocycles. The Hall–Kier alpha value is -1.00. The first-order chi connectivity index (χ1) is 6.52. The lowest BCUT2D eigenvalue weighted by Crippen LogP contribution is -2.33. The Kier molecular flexibility index (Phi) is 3.55. The van der Waals surface area contributed by atoms with Crippen LogP contribution in [0.25, 0.3) is 0 Å². The van der Waals surface area contributed by atoms with E-state index in [9.17, 15) is 13.9 Å². The third-order valence-corrected chi connectivity index (χ3v) is 2.08. The number of benzene rings is 1. The minimum atomic E-state index is -0.929. The lowest BCUT2D eigenvalue weighted by atomic mass is 10.0. The highest BCUT2D eigenvalue weighted by Gasteiger charge is 2.16. The Morgan fingerprint density at radius 2 is 1.86 bits per heavy atom. The van der Waals surface area contributed by atoms with Crippen molar-refractivity contribution in [2.24, 2.45) is 5.73 Å². The van der Waals surface area contributed by atoms with Crippen LogP contribution in [0.5, 0.6) is 0 Å². The average molecular weight is 201 g/mol. The molecule has 1 aromatic carbocycles. The minimum Gasteiger partial charge on any atom is -0.391 e. The van der Waals surface area contributed by atoms with Crippen LogP contribution >= 0.6 is 0 Å². The number of hydrogen-bond donors (Lipinski definition) is 2. The highest BCUT2D eigenvalue weighted by atomic mass is 19.1. The van der Waals surface area contributed by atoms with Crippen LogP contribution in [0.3, 0.4) is 0 Å². The lowest BCUT2D eigenvalue weighted by molar-refractivity contribution is 0.149. The molecule has 0 aliphatic heterocycles. The number of aliphatic hydroxyl groups is 1. The topological polar surface area (TPSA) is 46.2 Å². The quantitative estimate of drug-likeness (QED) is 0.772. The summed E-state index contributed by atoms with van der Waals surface area (Å²) in [6, 6.07) is 3.10. The molecule has 0 bridgehead atoms. The molecule has 0 aliphatic carbocycles. The standard InChI is InChI=1S/C10H13F2NO/c1-6(13)10(14)5-7-8(11)3-2-4-9(7)12/h2-4,6,10,14H,5,13H2,1H3/t6-,10?/m1/s1. The van der Waals surface area contributed by atoms with Crippen LogP contribution in [-0.2, 0) is 6.42 Å². The highest BCUT2D eigenvalue weighted by molar-refractivity contribution is 5.20. The van der Waals surface area contributed by atoms with Gasteiger partial charge in [0, 0.05) is 18.0 Å². The normalized spacial score (nSPS) is 15.2. The van der Waals surface area contributed by atoms with Crippen molar-refractivity contribution in [1.29, 1.82) is 0 Å². The van der Waals surface area contributed by atoms with E-state index in [2.05, 4.69) is 0 Å². The minimum absolute atomic E-state index is 0.101. The lowest BCUT2D eigenvalue weighted by Gasteiger charge is -2.14. The summed E-state index contributed by atoms with van der Waals surface area (Å²) >= 11 is 0. The van der Waals surface area contributed by atoms with Crippen molar-refractivity contribution in [1.82, 2.24) is 0 Å². The number of halogens is 2. The van der Waals surface area contributed by atoms with Crippen LogP contribution in [-0.4, -0.2) is 17.3 Å². The Morgan fingerprint density at radius 1 is 1.36 bits per heavy atom. The van der Waals surface area contributed by atoms with Crippen molar-refractivity contribution < 1.29 is 13.9 Å². The summed E-state index contributed by atoms with van der Waals surface area (Å²) in [7, 11) is 0. The first-order valence-corrected chi connectivity index (χ1v) is 4.39. The van der Waals surface area contributed by atoms with Gasteiger partial charge in [0.15, 0.2) is 0 Å². The van der Waals surface area contributed by atoms with Gasteiger partial charge in [-0.2, -0.15) is 0 Å². The number of nitrogens with two attached hydrogens (primary N) is 1. The van der Waals surface area contributed by atoms with Crippen LogP contribution in [0.1, 0.15) is 12.5 Å². The molecule has 0 aliphatic rings. The Balaban J connectivity index is 2.85. The number of hydrogen-bond acceptors (Lipinski definition) is 2. The van der Waals surface area contributed by atoms with Crippen LogP contribution < -0.4 is 5.73 Å². The van der Waals surface area contributed by atoms with Crippen LogP contribution in [0.2, 0.25) is 0 Å². The van der Waals surface area contributed by atoms with Gasteiger partial charge < -0.3 is 10.8 Å². The van der Waals surface area contributed by atoms with Crippen molar-refractivity contribution in [3.63, 3.8) is 0 Å². The smallest absolute Gasteiger partial charge is 0.129 e. The third-order valence-electron chi connectivity index (χ3n) is 2.08. The van der Waals surface area contributed by atoms with E-state index in [1.54, 1.807) is 6.92 Å². The molecule has 0 fully saturated rings. The van der Waals surface area contributed by atoms with Gasteiger partial charge in [0.1, 0.15) is 11.6 Å². The van der Waals surface area contributed by atoms with Crippen molar-refractivity contribution in [3.05, 3.63) is 35.4 Å². The molecule has 0 aromatic heterocycles. The van der Waals surface area contributed by atoms with Gasteiger partial charge in [0.2, 0.25) is 0 Å². The fourth-order valence-electron chi connectivity index (χ4n) is 1.12. The monoisotopic (exact) mass is 201 g/mol. The first-order valence-electron chi connectivity index (χ1n) is 4.39. The molecule has 4 heteroatoms. The van der Waals surface area contributed by atoms with Gasteiger partial charge >= 0.3 is 0 Å². The molecule has 1 rings (SSSR count). The molecular formula is C10H13F2NO. The summed E-state index contributed by atoms with van der Waals surface area (Å²) in [6.45, 7) is 1.59. The van der Waals surface area contributed by atoms with Gasteiger partial charge in [0.25, 0.3) is 0 Å². The molecule has 2 nitrogen and oxygen atoms in total. The van der Waals surface area contributed by atoms with E-state index in [0.29, 0.717) is 0 Å². The van der Waals surface area contributed by atoms with Crippen molar-refractivity contribution in [2.75, 3.05) is 0 Å². The average Bonchev–Trinajstić information content (AvgIpc) is 2.11. The molecular weight excluding hydrogens is 188 g/mol. The van der Waals surface area contributed by atoms with Crippen LogP contribution in [0.15, 0.2) is 18.2 Å². The largest absolute Gasteiger partial charge is 0.391 e. The Bertz CT molecular complexity index is 295. The first kappa shape index (κ1) is 11.1. The van der Waals surface area contributed by atoms with Gasteiger partial charge in [-0.3, -0.25) is 0 Å². The Labute approximate surface area is 81.4 Å². The van der Waals surface area contributed by atoms with E-state index in [4.69, 9.17) is 5.73 Å². The predicted molar refractivity (Wildman–Crippen MR) is 49.7 cm³/mol. The van der Waals surface area contributed by atoms with Crippen molar-refractivity contribution in [3.8, 4) is 0 Å². The summed E-state index contributed by atoms with van der Waals surface area (Å²) in [4.78, 5) is 0. The molecule has 0 radical (unpaired) electrons. The molecule has 3 N–H and O–H groups in total. The second-order valence-corrected chi connectivity index (χ2v) is 3.33. The second-order valence-electron chi connectivity index (χ2n) is 3.33. The van der Waals surface area contributed by atoms with Crippen molar-refractivity contribution >= 4 is 0 Å². The molecule has 0 heterocycles. The maximum absolute atomic E-state index is 13.1. The predicted octanol–water partition coefficient (Wildman–Crippen LogP) is 1.22. The van der Waals surface area contributed by atoms with Gasteiger partial charge in [-0.05, 0) is 19.1 Å². The SMILES string of the molecule is C[C@@H](N)C(O)Cc1c(F)cccc1F. The van der Waals surface area contributed by atoms with E-state index in [1.165, 1.54) is 6.07 Å². The van der Waals surface area contributed by atoms with E-state index >= 15 is 0 Å². The van der Waals surface area contributed by atoms with E-state index in [0.717, 1.165) is 12.1 Å². The zero-order valence-electron chi connectivity index (χ0n) is 7.87. The van der Waals surface area contributed by atoms with E-state index in [1.807, 2.05) is 0 Å². The van der Waals surface area contributed by atoms with Gasteiger partial charge in [0.05, 0.1) is 6.10 Å². The number of rotatable bonds is 3. The molecule has 1 unspecified atom stereocenters. The summed E-state index contributed by atoms with van der Waals surface area (Å²) in [5, 5.41) is 9.37. The summed E-state index contributed by atoms with van der Waals surface area (Å²) < 4.78 is 26.2. The molecule has 78 valence electrons. The maximum atomic E-state index is 13.1. The van der Waals surface area contributed by atoms with Crippen molar-refractivity contribution in [2.45, 2.75) is 25.5 Å². The Morgan fingerprint density at radius 3 is 2.29 bits per heavy atom. The van der Waals surface area contributed by atoms with E-state index < -0.39 is 23.8 Å². The zero-order valence-corrected chi connectivity index (χ0v) is 7.87. The summed E-state index contributed by atoms with van der Waals surface area (Å²) in [6.07, 6.45) is -1.03. The highest BCUT2D eigenvalue weighted by Crippen LogP contribution is 2.14. The molecule has 0 saturated carbocycles. The van der Waals surface area contributed by atoms with Gasteiger partial charge in [-0.15, -0.1) is 0 Å². The van der Waals surface area contributed by atoms with Crippen LogP contribution in [0, 0.1) is 11.6 Å². The maximum Gasteiger partial charge on any atom is 0.129 e.